The van der Waals surface area contributed by atoms with E-state index in [2.05, 4.69) is 0 Å². The molecule has 70 valence electrons. The summed E-state index contributed by atoms with van der Waals surface area (Å²) in [6, 6.07) is 0. The molecule has 0 aliphatic carbocycles. The fourth-order valence-corrected chi connectivity index (χ4v) is 2.38. The Morgan fingerprint density at radius 1 is 1.50 bits per heavy atom. The second-order valence-electron chi connectivity index (χ2n) is 2.72. The highest BCUT2D eigenvalue weighted by Crippen LogP contribution is 2.08. The van der Waals surface area contributed by atoms with E-state index in [9.17, 15) is 13.2 Å². The molecule has 6 heteroatoms. The molecule has 1 aliphatic heterocycles. The average molecular weight is 194 g/mol. The minimum Gasteiger partial charge on any atom is -0.481 e. The number of carboxylic acids is 1. The third kappa shape index (κ3) is 2.46. The monoisotopic (exact) mass is 194 g/mol. The van der Waals surface area contributed by atoms with Gasteiger partial charge in [0.25, 0.3) is 0 Å². The van der Waals surface area contributed by atoms with Gasteiger partial charge in [-0.15, -0.1) is 0 Å². The lowest BCUT2D eigenvalue weighted by molar-refractivity contribution is -0.142. The molecule has 0 saturated carbocycles. The Kier molecular flexibility index (Phi) is 2.69. The largest absolute Gasteiger partial charge is 0.481 e. The number of sulfone groups is 1. The number of carboxylic acid groups (broad SMARTS) is 1. The van der Waals surface area contributed by atoms with Gasteiger partial charge in [0.05, 0.1) is 30.6 Å². The summed E-state index contributed by atoms with van der Waals surface area (Å²) in [5.74, 6) is -2.39. The van der Waals surface area contributed by atoms with Crippen molar-refractivity contribution in [3.63, 3.8) is 0 Å². The number of rotatable bonds is 1. The third-order valence-corrected chi connectivity index (χ3v) is 3.36. The summed E-state index contributed by atoms with van der Waals surface area (Å²) in [4.78, 5) is 10.5. The van der Waals surface area contributed by atoms with Gasteiger partial charge in [-0.3, -0.25) is 4.79 Å². The summed E-state index contributed by atoms with van der Waals surface area (Å²) in [6.45, 7) is 0.0979. The lowest BCUT2D eigenvalue weighted by Crippen LogP contribution is -2.25. The molecule has 0 amide bonds. The van der Waals surface area contributed by atoms with Crippen molar-refractivity contribution in [1.29, 1.82) is 0 Å². The average Bonchev–Trinajstić information content (AvgIpc) is 2.10. The van der Waals surface area contributed by atoms with E-state index in [1.54, 1.807) is 0 Å². The molecule has 1 fully saturated rings. The molecule has 1 aliphatic rings. The Balaban J connectivity index is 2.73. The first-order valence-electron chi connectivity index (χ1n) is 3.52. The van der Waals surface area contributed by atoms with Gasteiger partial charge in [-0.05, 0) is 0 Å². The zero-order chi connectivity index (χ0) is 9.19. The van der Waals surface area contributed by atoms with E-state index in [-0.39, 0.29) is 24.7 Å². The van der Waals surface area contributed by atoms with Gasteiger partial charge >= 0.3 is 5.97 Å². The van der Waals surface area contributed by atoms with Crippen LogP contribution in [0.3, 0.4) is 0 Å². The van der Waals surface area contributed by atoms with Gasteiger partial charge < -0.3 is 9.84 Å². The standard InChI is InChI=1S/C6H10O5S/c7-6(8)5-3-11-1-2-12(9,10)4-5/h5H,1-4H2,(H,7,8). The normalized spacial score (nSPS) is 29.2. The third-order valence-electron chi connectivity index (χ3n) is 1.66. The fraction of sp³-hybridized carbons (Fsp3) is 0.833. The number of hydrogen-bond acceptors (Lipinski definition) is 4. The predicted molar refractivity (Wildman–Crippen MR) is 40.6 cm³/mol. The van der Waals surface area contributed by atoms with Crippen molar-refractivity contribution in [3.05, 3.63) is 0 Å². The van der Waals surface area contributed by atoms with Crippen molar-refractivity contribution in [3.8, 4) is 0 Å². The Hall–Kier alpha value is -0.620. The molecule has 0 aromatic rings. The van der Waals surface area contributed by atoms with Crippen molar-refractivity contribution in [1.82, 2.24) is 0 Å². The van der Waals surface area contributed by atoms with E-state index in [1.165, 1.54) is 0 Å². The maximum absolute atomic E-state index is 11.0. The van der Waals surface area contributed by atoms with Crippen molar-refractivity contribution >= 4 is 15.8 Å². The minimum atomic E-state index is -3.22. The van der Waals surface area contributed by atoms with Gasteiger partial charge in [0.2, 0.25) is 0 Å². The Morgan fingerprint density at radius 3 is 2.75 bits per heavy atom. The first-order valence-corrected chi connectivity index (χ1v) is 5.34. The van der Waals surface area contributed by atoms with E-state index in [0.29, 0.717) is 0 Å². The molecule has 1 atom stereocenters. The molecular formula is C6H10O5S. The quantitative estimate of drug-likeness (QED) is 0.587. The predicted octanol–water partition coefficient (Wildman–Crippen LogP) is -0.868. The summed E-state index contributed by atoms with van der Waals surface area (Å²) in [5.41, 5.74) is 0. The van der Waals surface area contributed by atoms with Gasteiger partial charge in [0.15, 0.2) is 9.84 Å². The second-order valence-corrected chi connectivity index (χ2v) is 4.95. The summed E-state index contributed by atoms with van der Waals surface area (Å²) in [7, 11) is -3.22. The van der Waals surface area contributed by atoms with Crippen molar-refractivity contribution < 1.29 is 23.1 Å². The van der Waals surface area contributed by atoms with Crippen LogP contribution in [0.25, 0.3) is 0 Å². The first kappa shape index (κ1) is 9.47. The molecule has 1 saturated heterocycles. The number of ether oxygens (including phenoxy) is 1. The highest BCUT2D eigenvalue weighted by Gasteiger charge is 2.28. The van der Waals surface area contributed by atoms with Crippen LogP contribution in [0.2, 0.25) is 0 Å². The molecule has 12 heavy (non-hydrogen) atoms. The van der Waals surface area contributed by atoms with Crippen LogP contribution in [0.15, 0.2) is 0 Å². The molecule has 0 radical (unpaired) electrons. The molecule has 1 N–H and O–H groups in total. The molecule has 5 nitrogen and oxygen atoms in total. The van der Waals surface area contributed by atoms with E-state index < -0.39 is 21.7 Å². The molecular weight excluding hydrogens is 184 g/mol. The Bertz CT molecular complexity index is 268. The van der Waals surface area contributed by atoms with Gasteiger partial charge in [-0.1, -0.05) is 0 Å². The summed E-state index contributed by atoms with van der Waals surface area (Å²) >= 11 is 0. The summed E-state index contributed by atoms with van der Waals surface area (Å²) in [6.07, 6.45) is 0. The van der Waals surface area contributed by atoms with E-state index in [1.807, 2.05) is 0 Å². The molecule has 0 aromatic heterocycles. The van der Waals surface area contributed by atoms with Crippen molar-refractivity contribution in [2.75, 3.05) is 24.7 Å². The van der Waals surface area contributed by atoms with Crippen LogP contribution < -0.4 is 0 Å². The topological polar surface area (TPSA) is 80.7 Å². The Labute approximate surface area is 70.3 Å². The molecule has 0 aromatic carbocycles. The lowest BCUT2D eigenvalue weighted by Gasteiger charge is -2.05. The molecule has 1 rings (SSSR count). The SMILES string of the molecule is O=C(O)C1COCCS(=O)(=O)C1. The number of hydrogen-bond donors (Lipinski definition) is 1. The van der Waals surface area contributed by atoms with Crippen molar-refractivity contribution in [2.24, 2.45) is 5.92 Å². The van der Waals surface area contributed by atoms with Gasteiger partial charge in [-0.2, -0.15) is 0 Å². The molecule has 0 bridgehead atoms. The maximum Gasteiger partial charge on any atom is 0.309 e. The highest BCUT2D eigenvalue weighted by atomic mass is 32.2. The smallest absolute Gasteiger partial charge is 0.309 e. The number of carbonyl (C=O) groups is 1. The first-order chi connectivity index (χ1) is 5.51. The van der Waals surface area contributed by atoms with Crippen LogP contribution in [-0.4, -0.2) is 44.2 Å². The molecule has 0 spiro atoms. The zero-order valence-corrected chi connectivity index (χ0v) is 7.21. The van der Waals surface area contributed by atoms with E-state index in [0.717, 1.165) is 0 Å². The van der Waals surface area contributed by atoms with Gasteiger partial charge in [0.1, 0.15) is 0 Å². The second kappa shape index (κ2) is 3.40. The van der Waals surface area contributed by atoms with Crippen LogP contribution in [0.5, 0.6) is 0 Å². The van der Waals surface area contributed by atoms with Crippen LogP contribution >= 0.6 is 0 Å². The van der Waals surface area contributed by atoms with Crippen LogP contribution in [-0.2, 0) is 19.4 Å². The Morgan fingerprint density at radius 2 is 2.17 bits per heavy atom. The molecule has 1 unspecified atom stereocenters. The van der Waals surface area contributed by atoms with E-state index in [4.69, 9.17) is 9.84 Å². The minimum absolute atomic E-state index is 0.00539. The fourth-order valence-electron chi connectivity index (χ4n) is 0.992. The number of aliphatic carboxylic acids is 1. The zero-order valence-electron chi connectivity index (χ0n) is 6.39. The highest BCUT2D eigenvalue weighted by molar-refractivity contribution is 7.91. The maximum atomic E-state index is 11.0. The summed E-state index contributed by atoms with van der Waals surface area (Å²) < 4.78 is 26.9. The van der Waals surface area contributed by atoms with Crippen LogP contribution in [0.1, 0.15) is 0 Å². The molecule has 1 heterocycles. The van der Waals surface area contributed by atoms with Crippen molar-refractivity contribution in [2.45, 2.75) is 0 Å². The lowest BCUT2D eigenvalue weighted by atomic mass is 10.2. The van der Waals surface area contributed by atoms with Gasteiger partial charge in [0, 0.05) is 0 Å². The van der Waals surface area contributed by atoms with Crippen LogP contribution in [0.4, 0.5) is 0 Å². The van der Waals surface area contributed by atoms with Crippen LogP contribution in [0, 0.1) is 5.92 Å². The van der Waals surface area contributed by atoms with E-state index >= 15 is 0 Å². The van der Waals surface area contributed by atoms with Gasteiger partial charge in [-0.25, -0.2) is 8.42 Å². The summed E-state index contributed by atoms with van der Waals surface area (Å²) in [5, 5.41) is 8.55.